The molecule has 0 amide bonds. The van der Waals surface area contributed by atoms with Crippen molar-refractivity contribution in [3.05, 3.63) is 266 Å². The number of aryl methyl sites for hydroxylation is 5. The van der Waals surface area contributed by atoms with Gasteiger partial charge in [-0.2, -0.15) is 0 Å². The summed E-state index contributed by atoms with van der Waals surface area (Å²) >= 11 is 0. The van der Waals surface area contributed by atoms with Crippen molar-refractivity contribution in [2.45, 2.75) is 160 Å². The molecular formula is C105H101N21O5. The fourth-order valence-electron chi connectivity index (χ4n) is 19.7. The molecule has 0 fully saturated rings. The first-order chi connectivity index (χ1) is 66.9. The number of fused-ring (bicyclic) bond motifs is 20. The zero-order valence-corrected chi connectivity index (χ0v) is 75.3. The van der Waals surface area contributed by atoms with E-state index in [4.69, 9.17) is 34.4 Å². The fourth-order valence-corrected chi connectivity index (χ4v) is 19.7. The van der Waals surface area contributed by atoms with Crippen LogP contribution in [0.3, 0.4) is 0 Å². The van der Waals surface area contributed by atoms with Crippen LogP contribution in [0.4, 0.5) is 86.1 Å². The van der Waals surface area contributed by atoms with Crippen LogP contribution in [0.1, 0.15) is 116 Å². The SMILES string of the molecule is [2H]C(C)(C)N1c2cccnc2N(c2c(C)ccc3c2oc2ncccc23)C1C.[2H]C(C)(C)N1c2ncccc2N(c2c(C)ccc3c2oc2ncccc23)C1C.[2H]C(C)(C)N1c2ncccc2N(c2c(C)ccc3c2oc2ncccc23)C1C.[2H]C([2H])([2H])N1c2ncccc2N(c2c(C)ccc3c2oc2ncccc23)C1C.[2H]C([2H])([2H])N1c2nccnc2N(c2c(C)ccc3c2oc2ncccc23)C1C. The number of rotatable bonds is 8. The van der Waals surface area contributed by atoms with E-state index in [1.165, 1.54) is 16.0 Å². The summed E-state index contributed by atoms with van der Waals surface area (Å²) < 4.78 is 105. The molecule has 0 spiro atoms. The molecule has 15 aromatic heterocycles. The first-order valence-electron chi connectivity index (χ1n) is 48.3. The van der Waals surface area contributed by atoms with E-state index < -0.39 is 44.3 Å². The van der Waals surface area contributed by atoms with E-state index in [-0.39, 0.29) is 18.5 Å². The number of hydrogen-bond donors (Lipinski definition) is 0. The Bertz CT molecular complexity index is 7180. The molecule has 5 aliphatic heterocycles. The van der Waals surface area contributed by atoms with E-state index in [0.29, 0.717) is 57.2 Å². The Kier molecular flexibility index (Phi) is 17.9. The fraction of sp³-hybridized carbons (Fsp3) is 0.248. The third kappa shape index (κ3) is 13.2. The molecule has 20 aromatic rings. The molecule has 5 atom stereocenters. The second-order valence-corrected chi connectivity index (χ2v) is 34.1. The number of pyridine rings is 9. The second-order valence-electron chi connectivity index (χ2n) is 34.1. The molecule has 20 heterocycles. The van der Waals surface area contributed by atoms with Gasteiger partial charge in [0.2, 0.25) is 28.6 Å². The van der Waals surface area contributed by atoms with Gasteiger partial charge < -0.3 is 66.2 Å². The zero-order chi connectivity index (χ0) is 98.1. The van der Waals surface area contributed by atoms with Crippen LogP contribution in [0.25, 0.3) is 110 Å². The van der Waals surface area contributed by atoms with Gasteiger partial charge in [-0.15, -0.1) is 0 Å². The van der Waals surface area contributed by atoms with Crippen molar-refractivity contribution in [2.75, 3.05) is 63.0 Å². The third-order valence-electron chi connectivity index (χ3n) is 25.5. The van der Waals surface area contributed by atoms with Crippen LogP contribution in [0.5, 0.6) is 0 Å². The Labute approximate surface area is 770 Å². The molecule has 131 heavy (non-hydrogen) atoms. The Morgan fingerprint density at radius 3 is 0.824 bits per heavy atom. The normalized spacial score (nSPS) is 18.2. The molecular weight excluding hydrogens is 1640 g/mol. The summed E-state index contributed by atoms with van der Waals surface area (Å²) in [6.07, 6.45) is 17.5. The molecule has 0 N–H and O–H groups in total. The van der Waals surface area contributed by atoms with Gasteiger partial charge in [0.1, 0.15) is 30.8 Å². The van der Waals surface area contributed by atoms with E-state index in [2.05, 4.69) is 164 Å². The van der Waals surface area contributed by atoms with E-state index in [1.54, 1.807) is 62.0 Å². The molecule has 0 aliphatic carbocycles. The van der Waals surface area contributed by atoms with Gasteiger partial charge in [-0.25, -0.2) is 54.8 Å². The molecule has 0 radical (unpaired) electrons. The minimum atomic E-state index is -2.35. The predicted molar refractivity (Wildman–Crippen MR) is 528 cm³/mol. The minimum absolute atomic E-state index is 0.0807. The topological polar surface area (TPSA) is 240 Å². The Balaban J connectivity index is 0.000000104. The number of benzene rings is 5. The summed E-state index contributed by atoms with van der Waals surface area (Å²) in [5.41, 5.74) is 20.3. The first-order valence-corrected chi connectivity index (χ1v) is 43.8. The van der Waals surface area contributed by atoms with Crippen LogP contribution in [0.15, 0.2) is 260 Å². The highest BCUT2D eigenvalue weighted by atomic mass is 16.4. The largest absolute Gasteiger partial charge is 0.435 e. The second kappa shape index (κ2) is 32.4. The van der Waals surface area contributed by atoms with Gasteiger partial charge in [0.15, 0.2) is 62.8 Å². The monoisotopic (exact) mass is 1740 g/mol. The van der Waals surface area contributed by atoms with Crippen LogP contribution in [-0.4, -0.2) is 118 Å². The lowest BCUT2D eigenvalue weighted by Gasteiger charge is -2.33. The van der Waals surface area contributed by atoms with Crippen LogP contribution in [0.2, 0.25) is 0 Å². The van der Waals surface area contributed by atoms with Crippen molar-refractivity contribution in [1.29, 1.82) is 0 Å². The Morgan fingerprint density at radius 2 is 0.489 bits per heavy atom. The van der Waals surface area contributed by atoms with Crippen molar-refractivity contribution in [3.63, 3.8) is 0 Å². The summed E-state index contributed by atoms with van der Waals surface area (Å²) in [6, 6.07) is 53.5. The number of nitrogens with zero attached hydrogens (tertiary/aromatic N) is 21. The highest BCUT2D eigenvalue weighted by Crippen LogP contribution is 2.55. The van der Waals surface area contributed by atoms with Crippen LogP contribution < -0.4 is 49.0 Å². The molecule has 5 aliphatic rings. The summed E-state index contributed by atoms with van der Waals surface area (Å²) in [6.45, 7) is 27.0. The van der Waals surface area contributed by atoms with E-state index >= 15 is 0 Å². The Hall–Kier alpha value is -15.5. The van der Waals surface area contributed by atoms with E-state index in [0.717, 1.165) is 167 Å². The van der Waals surface area contributed by atoms with Gasteiger partial charge in [-0.1, -0.05) is 60.7 Å². The predicted octanol–water partition coefficient (Wildman–Crippen LogP) is 24.8. The van der Waals surface area contributed by atoms with Gasteiger partial charge in [-0.3, -0.25) is 4.90 Å². The summed E-state index contributed by atoms with van der Waals surface area (Å²) in [5, 5.41) is 9.88. The molecule has 26 heteroatoms. The number of aromatic nitrogens is 11. The zero-order valence-electron chi connectivity index (χ0n) is 84.3. The van der Waals surface area contributed by atoms with Gasteiger partial charge >= 0.3 is 0 Å². The average Bonchev–Trinajstić information content (AvgIpc) is 1.59. The van der Waals surface area contributed by atoms with Crippen molar-refractivity contribution in [2.24, 2.45) is 0 Å². The summed E-state index contributed by atoms with van der Waals surface area (Å²) in [4.78, 5) is 68.3. The average molecular weight is 1750 g/mol. The lowest BCUT2D eigenvalue weighted by atomic mass is 10.1. The summed E-state index contributed by atoms with van der Waals surface area (Å²) in [7, 11) is 0. The highest BCUT2D eigenvalue weighted by molar-refractivity contribution is 6.15. The molecule has 5 aromatic carbocycles. The molecule has 0 saturated carbocycles. The van der Waals surface area contributed by atoms with Crippen molar-refractivity contribution in [1.82, 2.24) is 54.8 Å². The lowest BCUT2D eigenvalue weighted by molar-refractivity contribution is 0.597. The molecule has 25 rings (SSSR count). The van der Waals surface area contributed by atoms with Gasteiger partial charge in [0, 0.05) is 162 Å². The number of hydrogen-bond acceptors (Lipinski definition) is 26. The highest BCUT2D eigenvalue weighted by Gasteiger charge is 2.44. The maximum absolute atomic E-state index is 8.69. The number of anilines is 15. The first kappa shape index (κ1) is 72.5. The van der Waals surface area contributed by atoms with Crippen LogP contribution in [-0.2, 0) is 0 Å². The molecule has 0 saturated heterocycles. The molecule has 5 unspecified atom stereocenters. The molecule has 656 valence electrons. The van der Waals surface area contributed by atoms with Crippen LogP contribution in [0, 0.1) is 34.6 Å². The van der Waals surface area contributed by atoms with E-state index in [1.807, 2.05) is 210 Å². The van der Waals surface area contributed by atoms with Gasteiger partial charge in [0.05, 0.1) is 55.3 Å². The number of furan rings is 5. The quantitative estimate of drug-likeness (QED) is 0.137. The minimum Gasteiger partial charge on any atom is -0.435 e. The van der Waals surface area contributed by atoms with Gasteiger partial charge in [-0.05, 0) is 248 Å². The van der Waals surface area contributed by atoms with Crippen molar-refractivity contribution < 1.29 is 34.4 Å². The van der Waals surface area contributed by atoms with Crippen molar-refractivity contribution >= 4 is 196 Å². The molecule has 0 bridgehead atoms. The maximum Gasteiger partial charge on any atom is 0.227 e. The van der Waals surface area contributed by atoms with E-state index in [9.17, 15) is 0 Å². The smallest absolute Gasteiger partial charge is 0.227 e. The third-order valence-corrected chi connectivity index (χ3v) is 25.5. The standard InChI is InChI=1S/3C22H22N4O.C20H18N4O.C19H17N5O/c2*1-13(2)25-15(4)26(18-8-6-11-23-21(18)25)19-14(3)9-10-16-17-7-5-12-24-22(17)27-20(16)19;1-13(2)25-15(4)26(21-18(25)8-6-11-23-21)19-14(3)9-10-16-17-7-5-12-24-22(17)27-20(16)19;1-12-8-9-14-15-6-4-11-22-20(15)25-18(14)17(12)24-13(2)23(3)19-16(24)7-5-10-21-19;1-11-6-7-13-14-5-4-8-22-19(14)25-16(13)15(11)24-12(2)23(3)17-18(24)21-10-9-20-17/h3*5-13,15H,1-4H3;4-11,13H,1-3H3;4-10,12H,1-3H3/i3*13D;2*3D3. The lowest BCUT2D eigenvalue weighted by Crippen LogP contribution is -2.42. The van der Waals surface area contributed by atoms with Crippen molar-refractivity contribution in [3.8, 4) is 0 Å². The molecule has 26 nitrogen and oxygen atoms in total. The Morgan fingerprint density at radius 1 is 0.244 bits per heavy atom. The van der Waals surface area contributed by atoms with Crippen LogP contribution >= 0.6 is 0 Å². The van der Waals surface area contributed by atoms with Gasteiger partial charge in [0.25, 0.3) is 0 Å². The summed E-state index contributed by atoms with van der Waals surface area (Å²) in [5.74, 6) is 3.76. The maximum atomic E-state index is 8.69.